The van der Waals surface area contributed by atoms with Crippen molar-refractivity contribution in [3.63, 3.8) is 0 Å². The molecule has 0 bridgehead atoms. The molecule has 1 fully saturated rings. The predicted molar refractivity (Wildman–Crippen MR) is 65.7 cm³/mol. The summed E-state index contributed by atoms with van der Waals surface area (Å²) in [7, 11) is 0. The molecule has 5 heteroatoms. The number of piperidine rings is 1. The highest BCUT2D eigenvalue weighted by atomic mass is 35.5. The van der Waals surface area contributed by atoms with Crippen LogP contribution in [0.5, 0.6) is 0 Å². The third-order valence-corrected chi connectivity index (χ3v) is 3.58. The lowest BCUT2D eigenvalue weighted by molar-refractivity contribution is -0.130. The number of nitrogens with zero attached hydrogens (tertiary/aromatic N) is 3. The van der Waals surface area contributed by atoms with Crippen LogP contribution in [0.2, 0.25) is 5.15 Å². The van der Waals surface area contributed by atoms with E-state index in [1.54, 1.807) is 19.3 Å². The van der Waals surface area contributed by atoms with Crippen molar-refractivity contribution < 1.29 is 4.79 Å². The van der Waals surface area contributed by atoms with Crippen LogP contribution in [-0.2, 0) is 11.2 Å². The van der Waals surface area contributed by atoms with Gasteiger partial charge in [0, 0.05) is 32.4 Å². The van der Waals surface area contributed by atoms with Crippen LogP contribution < -0.4 is 0 Å². The van der Waals surface area contributed by atoms with E-state index in [2.05, 4.69) is 9.97 Å². The lowest BCUT2D eigenvalue weighted by Gasteiger charge is -2.31. The molecule has 1 aliphatic rings. The zero-order valence-corrected chi connectivity index (χ0v) is 10.7. The van der Waals surface area contributed by atoms with Crippen molar-refractivity contribution in [1.82, 2.24) is 14.9 Å². The summed E-state index contributed by atoms with van der Waals surface area (Å²) < 4.78 is 0. The van der Waals surface area contributed by atoms with Gasteiger partial charge in [0.05, 0.1) is 5.69 Å². The van der Waals surface area contributed by atoms with E-state index in [9.17, 15) is 4.79 Å². The maximum atomic E-state index is 11.2. The maximum absolute atomic E-state index is 11.2. The van der Waals surface area contributed by atoms with Crippen molar-refractivity contribution >= 4 is 17.5 Å². The van der Waals surface area contributed by atoms with E-state index in [1.165, 1.54) is 0 Å². The number of likely N-dealkylation sites (tertiary alicyclic amines) is 1. The topological polar surface area (TPSA) is 46.1 Å². The van der Waals surface area contributed by atoms with Gasteiger partial charge in [-0.3, -0.25) is 9.78 Å². The number of rotatable bonds is 2. The van der Waals surface area contributed by atoms with E-state index >= 15 is 0 Å². The van der Waals surface area contributed by atoms with Crippen LogP contribution in [-0.4, -0.2) is 33.9 Å². The Morgan fingerprint density at radius 1 is 1.41 bits per heavy atom. The van der Waals surface area contributed by atoms with Gasteiger partial charge in [0.1, 0.15) is 5.15 Å². The van der Waals surface area contributed by atoms with Gasteiger partial charge < -0.3 is 4.90 Å². The average molecular weight is 254 g/mol. The molecule has 0 N–H and O–H groups in total. The minimum atomic E-state index is 0.168. The fourth-order valence-electron chi connectivity index (χ4n) is 2.21. The van der Waals surface area contributed by atoms with Crippen LogP contribution in [0.1, 0.15) is 25.5 Å². The standard InChI is InChI=1S/C12H16ClN3O/c1-9(17)16-6-2-10(3-7-16)8-11-12(13)15-5-4-14-11/h4-5,10H,2-3,6-8H2,1H3. The minimum Gasteiger partial charge on any atom is -0.343 e. The lowest BCUT2D eigenvalue weighted by Crippen LogP contribution is -2.37. The normalized spacial score (nSPS) is 17.2. The average Bonchev–Trinajstić information content (AvgIpc) is 2.33. The molecule has 2 rings (SSSR count). The SMILES string of the molecule is CC(=O)N1CCC(Cc2nccnc2Cl)CC1. The fourth-order valence-corrected chi connectivity index (χ4v) is 2.39. The molecule has 0 radical (unpaired) electrons. The summed E-state index contributed by atoms with van der Waals surface area (Å²) in [4.78, 5) is 21.4. The fraction of sp³-hybridized carbons (Fsp3) is 0.583. The Labute approximate surface area is 106 Å². The second-order valence-electron chi connectivity index (χ2n) is 4.45. The molecule has 4 nitrogen and oxygen atoms in total. The van der Waals surface area contributed by atoms with Crippen LogP contribution in [0.3, 0.4) is 0 Å². The van der Waals surface area contributed by atoms with Gasteiger partial charge >= 0.3 is 0 Å². The summed E-state index contributed by atoms with van der Waals surface area (Å²) in [6, 6.07) is 0. The Hall–Kier alpha value is -1.16. The Bertz CT molecular complexity index is 402. The van der Waals surface area contributed by atoms with Crippen LogP contribution in [0, 0.1) is 5.92 Å². The Kier molecular flexibility index (Phi) is 3.94. The predicted octanol–water partition coefficient (Wildman–Crippen LogP) is 1.93. The third-order valence-electron chi connectivity index (χ3n) is 3.26. The van der Waals surface area contributed by atoms with Gasteiger partial charge in [-0.15, -0.1) is 0 Å². The van der Waals surface area contributed by atoms with Crippen molar-refractivity contribution in [2.24, 2.45) is 5.92 Å². The highest BCUT2D eigenvalue weighted by Gasteiger charge is 2.21. The van der Waals surface area contributed by atoms with E-state index < -0.39 is 0 Å². The molecular formula is C12H16ClN3O. The van der Waals surface area contributed by atoms with Crippen molar-refractivity contribution in [2.75, 3.05) is 13.1 Å². The summed E-state index contributed by atoms with van der Waals surface area (Å²) in [6.07, 6.45) is 6.17. The number of halogens is 1. The highest BCUT2D eigenvalue weighted by molar-refractivity contribution is 6.29. The van der Waals surface area contributed by atoms with E-state index in [-0.39, 0.29) is 5.91 Å². The minimum absolute atomic E-state index is 0.168. The Balaban J connectivity index is 1.90. The molecule has 0 atom stereocenters. The summed E-state index contributed by atoms with van der Waals surface area (Å²) in [5.74, 6) is 0.723. The van der Waals surface area contributed by atoms with Crippen LogP contribution >= 0.6 is 11.6 Å². The Morgan fingerprint density at radius 3 is 2.65 bits per heavy atom. The molecule has 0 aromatic carbocycles. The van der Waals surface area contributed by atoms with Gasteiger partial charge in [-0.25, -0.2) is 4.98 Å². The van der Waals surface area contributed by atoms with Gasteiger partial charge in [-0.1, -0.05) is 11.6 Å². The summed E-state index contributed by atoms with van der Waals surface area (Å²) in [6.45, 7) is 3.32. The van der Waals surface area contributed by atoms with Gasteiger partial charge in [0.2, 0.25) is 5.91 Å². The highest BCUT2D eigenvalue weighted by Crippen LogP contribution is 2.23. The van der Waals surface area contributed by atoms with Crippen LogP contribution in [0.4, 0.5) is 0 Å². The molecule has 17 heavy (non-hydrogen) atoms. The van der Waals surface area contributed by atoms with Crippen molar-refractivity contribution in [3.8, 4) is 0 Å². The van der Waals surface area contributed by atoms with Gasteiger partial charge in [-0.05, 0) is 25.2 Å². The summed E-state index contributed by atoms with van der Waals surface area (Å²) >= 11 is 5.98. The molecule has 1 saturated heterocycles. The van der Waals surface area contributed by atoms with Gasteiger partial charge in [-0.2, -0.15) is 0 Å². The Morgan fingerprint density at radius 2 is 2.06 bits per heavy atom. The molecule has 92 valence electrons. The first-order chi connectivity index (χ1) is 8.16. The van der Waals surface area contributed by atoms with Gasteiger partial charge in [0.15, 0.2) is 0 Å². The molecular weight excluding hydrogens is 238 g/mol. The number of hydrogen-bond donors (Lipinski definition) is 0. The number of aromatic nitrogens is 2. The molecule has 1 amide bonds. The third kappa shape index (κ3) is 3.16. The second kappa shape index (κ2) is 5.45. The molecule has 1 aromatic heterocycles. The summed E-state index contributed by atoms with van der Waals surface area (Å²) in [5, 5.41) is 0.501. The quantitative estimate of drug-likeness (QED) is 0.809. The maximum Gasteiger partial charge on any atom is 0.219 e. The first-order valence-corrected chi connectivity index (χ1v) is 6.25. The van der Waals surface area contributed by atoms with Crippen molar-refractivity contribution in [2.45, 2.75) is 26.2 Å². The zero-order valence-electron chi connectivity index (χ0n) is 9.90. The first-order valence-electron chi connectivity index (χ1n) is 5.87. The summed E-state index contributed by atoms with van der Waals surface area (Å²) in [5.41, 5.74) is 0.871. The zero-order chi connectivity index (χ0) is 12.3. The number of carbonyl (C=O) groups is 1. The number of amides is 1. The van der Waals surface area contributed by atoms with Crippen LogP contribution in [0.25, 0.3) is 0 Å². The first kappa shape index (κ1) is 12.3. The number of carbonyl (C=O) groups excluding carboxylic acids is 1. The van der Waals surface area contributed by atoms with Crippen LogP contribution in [0.15, 0.2) is 12.4 Å². The number of hydrogen-bond acceptors (Lipinski definition) is 3. The molecule has 1 aliphatic heterocycles. The monoisotopic (exact) mass is 253 g/mol. The smallest absolute Gasteiger partial charge is 0.219 e. The molecule has 0 spiro atoms. The molecule has 0 saturated carbocycles. The molecule has 2 heterocycles. The lowest BCUT2D eigenvalue weighted by atomic mass is 9.92. The molecule has 0 unspecified atom stereocenters. The van der Waals surface area contributed by atoms with E-state index in [4.69, 9.17) is 11.6 Å². The van der Waals surface area contributed by atoms with E-state index in [1.807, 2.05) is 4.90 Å². The van der Waals surface area contributed by atoms with E-state index in [0.29, 0.717) is 11.1 Å². The largest absolute Gasteiger partial charge is 0.343 e. The molecule has 1 aromatic rings. The van der Waals surface area contributed by atoms with E-state index in [0.717, 1.165) is 38.0 Å². The van der Waals surface area contributed by atoms with Crippen molar-refractivity contribution in [1.29, 1.82) is 0 Å². The van der Waals surface area contributed by atoms with Gasteiger partial charge in [0.25, 0.3) is 0 Å². The van der Waals surface area contributed by atoms with Crippen molar-refractivity contribution in [3.05, 3.63) is 23.2 Å². The second-order valence-corrected chi connectivity index (χ2v) is 4.81. The molecule has 0 aliphatic carbocycles.